The molecule has 1 aliphatic rings. The van der Waals surface area contributed by atoms with E-state index in [9.17, 15) is 22.4 Å². The van der Waals surface area contributed by atoms with Crippen LogP contribution >= 0.6 is 0 Å². The Balaban J connectivity index is 1.64. The fourth-order valence-corrected chi connectivity index (χ4v) is 6.48. The van der Waals surface area contributed by atoms with Gasteiger partial charge in [0.15, 0.2) is 0 Å². The van der Waals surface area contributed by atoms with Gasteiger partial charge in [0.05, 0.1) is 17.2 Å². The van der Waals surface area contributed by atoms with Crippen molar-refractivity contribution in [1.29, 1.82) is 0 Å². The van der Waals surface area contributed by atoms with Crippen LogP contribution in [-0.2, 0) is 26.2 Å². The molecule has 1 aliphatic carbocycles. The van der Waals surface area contributed by atoms with E-state index in [4.69, 9.17) is 4.74 Å². The highest BCUT2D eigenvalue weighted by Gasteiger charge is 2.33. The molecule has 0 spiro atoms. The second-order valence-corrected chi connectivity index (χ2v) is 12.3. The molecule has 0 radical (unpaired) electrons. The first-order valence-electron chi connectivity index (χ1n) is 14.3. The first-order chi connectivity index (χ1) is 20.2. The predicted molar refractivity (Wildman–Crippen MR) is 160 cm³/mol. The van der Waals surface area contributed by atoms with Crippen LogP contribution in [0, 0.1) is 5.82 Å². The fraction of sp³-hybridized carbons (Fsp3) is 0.375. The summed E-state index contributed by atoms with van der Waals surface area (Å²) in [5.74, 6) is -0.763. The number of hydrogen-bond acceptors (Lipinski definition) is 5. The third-order valence-electron chi connectivity index (χ3n) is 7.43. The molecule has 1 N–H and O–H groups in total. The number of ether oxygens (including phenoxy) is 1. The normalized spacial score (nSPS) is 14.5. The SMILES string of the molecule is CCOc1ccc(S(=O)(=O)N(CC(=O)N(Cc2ccc(F)cc2)C(C)C(=O)NC2CCCCC2)c2ccccc2)cc1. The largest absolute Gasteiger partial charge is 0.494 e. The van der Waals surface area contributed by atoms with Crippen LogP contribution in [0.3, 0.4) is 0 Å². The summed E-state index contributed by atoms with van der Waals surface area (Å²) >= 11 is 0. The predicted octanol–water partition coefficient (Wildman–Crippen LogP) is 5.29. The summed E-state index contributed by atoms with van der Waals surface area (Å²) in [6.45, 7) is 3.37. The number of amides is 2. The van der Waals surface area contributed by atoms with Crippen LogP contribution in [0.15, 0.2) is 83.8 Å². The van der Waals surface area contributed by atoms with Gasteiger partial charge in [-0.15, -0.1) is 0 Å². The van der Waals surface area contributed by atoms with Crippen LogP contribution in [0.4, 0.5) is 10.1 Å². The lowest BCUT2D eigenvalue weighted by Crippen LogP contribution is -2.53. The van der Waals surface area contributed by atoms with Crippen LogP contribution in [0.1, 0.15) is 51.5 Å². The molecule has 3 aromatic carbocycles. The molecular formula is C32H38FN3O5S. The Morgan fingerprint density at radius 3 is 2.21 bits per heavy atom. The molecule has 0 aliphatic heterocycles. The third-order valence-corrected chi connectivity index (χ3v) is 9.22. The van der Waals surface area contributed by atoms with E-state index in [-0.39, 0.29) is 23.4 Å². The summed E-state index contributed by atoms with van der Waals surface area (Å²) in [7, 11) is -4.18. The molecule has 1 atom stereocenters. The first-order valence-corrected chi connectivity index (χ1v) is 15.8. The number of nitrogens with zero attached hydrogens (tertiary/aromatic N) is 2. The van der Waals surface area contributed by atoms with Gasteiger partial charge >= 0.3 is 0 Å². The smallest absolute Gasteiger partial charge is 0.264 e. The average Bonchev–Trinajstić information content (AvgIpc) is 3.00. The van der Waals surface area contributed by atoms with Gasteiger partial charge in [0.2, 0.25) is 11.8 Å². The van der Waals surface area contributed by atoms with Crippen molar-refractivity contribution in [2.24, 2.45) is 0 Å². The van der Waals surface area contributed by atoms with E-state index in [1.807, 2.05) is 6.92 Å². The summed E-state index contributed by atoms with van der Waals surface area (Å²) < 4.78 is 48.0. The van der Waals surface area contributed by atoms with E-state index in [1.165, 1.54) is 29.2 Å². The quantitative estimate of drug-likeness (QED) is 0.307. The number of carbonyl (C=O) groups is 2. The Bertz CT molecular complexity index is 1430. The Morgan fingerprint density at radius 1 is 0.952 bits per heavy atom. The van der Waals surface area contributed by atoms with E-state index in [0.717, 1.165) is 36.4 Å². The van der Waals surface area contributed by atoms with Crippen molar-refractivity contribution in [2.75, 3.05) is 17.5 Å². The highest BCUT2D eigenvalue weighted by atomic mass is 32.2. The van der Waals surface area contributed by atoms with E-state index in [1.54, 1.807) is 61.5 Å². The zero-order valence-corrected chi connectivity index (χ0v) is 24.9. The van der Waals surface area contributed by atoms with Crippen molar-refractivity contribution < 1.29 is 27.1 Å². The van der Waals surface area contributed by atoms with Crippen molar-refractivity contribution >= 4 is 27.5 Å². The molecule has 1 fully saturated rings. The summed E-state index contributed by atoms with van der Waals surface area (Å²) in [6, 6.07) is 19.2. The highest BCUT2D eigenvalue weighted by molar-refractivity contribution is 7.92. The van der Waals surface area contributed by atoms with Crippen molar-refractivity contribution in [3.05, 3.63) is 90.2 Å². The number of sulfonamides is 1. The number of nitrogens with one attached hydrogen (secondary N) is 1. The maximum absolute atomic E-state index is 14.0. The van der Waals surface area contributed by atoms with Gasteiger partial charge in [0.1, 0.15) is 24.2 Å². The summed E-state index contributed by atoms with van der Waals surface area (Å²) in [5, 5.41) is 3.07. The van der Waals surface area contributed by atoms with Crippen molar-refractivity contribution in [3.63, 3.8) is 0 Å². The minimum Gasteiger partial charge on any atom is -0.494 e. The zero-order valence-electron chi connectivity index (χ0n) is 24.0. The van der Waals surface area contributed by atoms with Gasteiger partial charge in [-0.25, -0.2) is 12.8 Å². The monoisotopic (exact) mass is 595 g/mol. The van der Waals surface area contributed by atoms with Crippen molar-refractivity contribution in [3.8, 4) is 5.75 Å². The van der Waals surface area contributed by atoms with Crippen LogP contribution in [0.25, 0.3) is 0 Å². The Labute approximate surface area is 247 Å². The van der Waals surface area contributed by atoms with Crippen LogP contribution in [0.2, 0.25) is 0 Å². The van der Waals surface area contributed by atoms with Crippen molar-refractivity contribution in [2.45, 2.75) is 69.5 Å². The first kappa shape index (κ1) is 31.0. The maximum atomic E-state index is 14.0. The number of rotatable bonds is 12. The molecule has 8 nitrogen and oxygen atoms in total. The van der Waals surface area contributed by atoms with Gasteiger partial charge in [-0.1, -0.05) is 49.6 Å². The minimum atomic E-state index is -4.18. The van der Waals surface area contributed by atoms with Gasteiger partial charge in [0, 0.05) is 12.6 Å². The summed E-state index contributed by atoms with van der Waals surface area (Å²) in [5.41, 5.74) is 0.920. The molecule has 0 aromatic heterocycles. The summed E-state index contributed by atoms with van der Waals surface area (Å²) in [6.07, 6.45) is 4.97. The van der Waals surface area contributed by atoms with E-state index in [2.05, 4.69) is 5.32 Å². The van der Waals surface area contributed by atoms with Crippen LogP contribution < -0.4 is 14.4 Å². The number of anilines is 1. The Hall–Kier alpha value is -3.92. The topological polar surface area (TPSA) is 96.0 Å². The highest BCUT2D eigenvalue weighted by Crippen LogP contribution is 2.26. The molecular weight excluding hydrogens is 557 g/mol. The third kappa shape index (κ3) is 7.88. The number of hydrogen-bond donors (Lipinski definition) is 1. The number of benzene rings is 3. The molecule has 0 heterocycles. The standard InChI is InChI=1S/C32H38FN3O5S/c1-3-41-29-18-20-30(21-19-29)42(39,40)36(28-12-8-5-9-13-28)23-31(37)35(22-25-14-16-26(33)17-15-25)24(2)32(38)34-27-10-6-4-7-11-27/h5,8-9,12-21,24,27H,3-4,6-7,10-11,22-23H2,1-2H3,(H,34,38). The lowest BCUT2D eigenvalue weighted by molar-refractivity contribution is -0.139. The number of carbonyl (C=O) groups excluding carboxylic acids is 2. The van der Waals surface area contributed by atoms with Crippen molar-refractivity contribution in [1.82, 2.24) is 10.2 Å². The Morgan fingerprint density at radius 2 is 1.60 bits per heavy atom. The molecule has 10 heteroatoms. The van der Waals surface area contributed by atoms with Gasteiger partial charge in [-0.3, -0.25) is 13.9 Å². The van der Waals surface area contributed by atoms with E-state index < -0.39 is 34.3 Å². The number of halogens is 1. The second kappa shape index (κ2) is 14.3. The molecule has 1 unspecified atom stereocenters. The van der Waals surface area contributed by atoms with E-state index in [0.29, 0.717) is 23.6 Å². The molecule has 1 saturated carbocycles. The molecule has 2 amide bonds. The van der Waals surface area contributed by atoms with Crippen LogP contribution in [0.5, 0.6) is 5.75 Å². The fourth-order valence-electron chi connectivity index (χ4n) is 5.06. The molecule has 0 bridgehead atoms. The summed E-state index contributed by atoms with van der Waals surface area (Å²) in [4.78, 5) is 28.7. The number of para-hydroxylation sites is 1. The molecule has 0 saturated heterocycles. The zero-order chi connectivity index (χ0) is 30.1. The van der Waals surface area contributed by atoms with Gasteiger partial charge in [0.25, 0.3) is 10.0 Å². The molecule has 4 rings (SSSR count). The van der Waals surface area contributed by atoms with Gasteiger partial charge < -0.3 is 15.0 Å². The lowest BCUT2D eigenvalue weighted by Gasteiger charge is -2.33. The minimum absolute atomic E-state index is 0.00391. The molecule has 224 valence electrons. The Kier molecular flexibility index (Phi) is 10.6. The molecule has 3 aromatic rings. The van der Waals surface area contributed by atoms with Gasteiger partial charge in [-0.2, -0.15) is 0 Å². The average molecular weight is 596 g/mol. The molecule has 42 heavy (non-hydrogen) atoms. The van der Waals surface area contributed by atoms with Gasteiger partial charge in [-0.05, 0) is 80.8 Å². The van der Waals surface area contributed by atoms with Crippen LogP contribution in [-0.4, -0.2) is 50.4 Å². The lowest BCUT2D eigenvalue weighted by atomic mass is 9.95. The second-order valence-electron chi connectivity index (χ2n) is 10.4. The van der Waals surface area contributed by atoms with E-state index >= 15 is 0 Å². The maximum Gasteiger partial charge on any atom is 0.264 e.